The fraction of sp³-hybridized carbons (Fsp3) is 0.556. The van der Waals surface area contributed by atoms with Gasteiger partial charge in [-0.25, -0.2) is 4.39 Å². The van der Waals surface area contributed by atoms with Gasteiger partial charge in [0.2, 0.25) is 0 Å². The van der Waals surface area contributed by atoms with Crippen LogP contribution in [0.15, 0.2) is 18.2 Å². The molecule has 1 aromatic heterocycles. The molecular weight excluding hydrogens is 279 g/mol. The predicted molar refractivity (Wildman–Crippen MR) is 85.4 cm³/mol. The SMILES string of the molecule is Cc1c(CN2CCOC3(CCCC3)C2)[nH]c2ccc(F)cc12. The Morgan fingerprint density at radius 3 is 2.95 bits per heavy atom. The molecule has 1 spiro atoms. The quantitative estimate of drug-likeness (QED) is 0.915. The highest BCUT2D eigenvalue weighted by Gasteiger charge is 2.39. The van der Waals surface area contributed by atoms with Crippen LogP contribution in [0, 0.1) is 12.7 Å². The molecule has 4 rings (SSSR count). The first-order valence-corrected chi connectivity index (χ1v) is 8.28. The molecule has 1 aromatic carbocycles. The van der Waals surface area contributed by atoms with Gasteiger partial charge in [0.05, 0.1) is 12.2 Å². The number of benzene rings is 1. The van der Waals surface area contributed by atoms with Gasteiger partial charge in [0, 0.05) is 36.2 Å². The molecule has 4 heteroatoms. The maximum absolute atomic E-state index is 13.4. The molecule has 118 valence electrons. The maximum Gasteiger partial charge on any atom is 0.123 e. The summed E-state index contributed by atoms with van der Waals surface area (Å²) in [5.74, 6) is -0.169. The zero-order valence-corrected chi connectivity index (χ0v) is 13.1. The van der Waals surface area contributed by atoms with Gasteiger partial charge < -0.3 is 9.72 Å². The number of aromatic amines is 1. The van der Waals surface area contributed by atoms with Crippen LogP contribution in [0.5, 0.6) is 0 Å². The lowest BCUT2D eigenvalue weighted by Crippen LogP contribution is -2.49. The van der Waals surface area contributed by atoms with E-state index >= 15 is 0 Å². The Kier molecular flexibility index (Phi) is 3.46. The summed E-state index contributed by atoms with van der Waals surface area (Å²) < 4.78 is 19.5. The van der Waals surface area contributed by atoms with Gasteiger partial charge in [-0.05, 0) is 43.5 Å². The molecular formula is C18H23FN2O. The van der Waals surface area contributed by atoms with Gasteiger partial charge >= 0.3 is 0 Å². The van der Waals surface area contributed by atoms with Crippen LogP contribution < -0.4 is 0 Å². The summed E-state index contributed by atoms with van der Waals surface area (Å²) in [4.78, 5) is 5.96. The van der Waals surface area contributed by atoms with Crippen LogP contribution in [0.3, 0.4) is 0 Å². The van der Waals surface area contributed by atoms with E-state index < -0.39 is 0 Å². The first-order valence-electron chi connectivity index (χ1n) is 8.28. The normalized spacial score (nSPS) is 21.9. The average molecular weight is 302 g/mol. The highest BCUT2D eigenvalue weighted by atomic mass is 19.1. The van der Waals surface area contributed by atoms with Crippen molar-refractivity contribution in [3.63, 3.8) is 0 Å². The minimum Gasteiger partial charge on any atom is -0.372 e. The van der Waals surface area contributed by atoms with Crippen molar-refractivity contribution in [2.24, 2.45) is 0 Å². The van der Waals surface area contributed by atoms with E-state index in [4.69, 9.17) is 4.74 Å². The number of rotatable bonds is 2. The van der Waals surface area contributed by atoms with Gasteiger partial charge in [0.1, 0.15) is 5.82 Å². The second-order valence-electron chi connectivity index (χ2n) is 6.87. The lowest BCUT2D eigenvalue weighted by atomic mass is 9.99. The Morgan fingerprint density at radius 2 is 2.14 bits per heavy atom. The van der Waals surface area contributed by atoms with E-state index in [1.807, 2.05) is 6.07 Å². The number of morpholine rings is 1. The fourth-order valence-corrected chi connectivity index (χ4v) is 4.12. The minimum atomic E-state index is -0.169. The predicted octanol–water partition coefficient (Wildman–Crippen LogP) is 3.76. The number of halogens is 1. The van der Waals surface area contributed by atoms with Crippen LogP contribution in [0.2, 0.25) is 0 Å². The number of H-pyrrole nitrogens is 1. The molecule has 0 unspecified atom stereocenters. The van der Waals surface area contributed by atoms with E-state index in [2.05, 4.69) is 16.8 Å². The molecule has 2 aromatic rings. The van der Waals surface area contributed by atoms with Crippen molar-refractivity contribution in [3.8, 4) is 0 Å². The average Bonchev–Trinajstić information content (AvgIpc) is 3.06. The Labute approximate surface area is 130 Å². The lowest BCUT2D eigenvalue weighted by molar-refractivity contribution is -0.107. The van der Waals surface area contributed by atoms with Crippen molar-refractivity contribution in [3.05, 3.63) is 35.3 Å². The Bertz CT molecular complexity index is 688. The molecule has 2 fully saturated rings. The maximum atomic E-state index is 13.4. The van der Waals surface area contributed by atoms with Gasteiger partial charge in [0.15, 0.2) is 0 Å². The number of hydrogen-bond acceptors (Lipinski definition) is 2. The van der Waals surface area contributed by atoms with Gasteiger partial charge in [-0.1, -0.05) is 12.8 Å². The largest absolute Gasteiger partial charge is 0.372 e. The molecule has 1 saturated carbocycles. The first-order chi connectivity index (χ1) is 10.7. The standard InChI is InChI=1S/C18H23FN2O/c1-13-15-10-14(19)4-5-16(15)20-17(13)11-21-8-9-22-18(12-21)6-2-3-7-18/h4-5,10,20H,2-3,6-9,11-12H2,1H3. The van der Waals surface area contributed by atoms with Crippen molar-refractivity contribution in [1.29, 1.82) is 0 Å². The third kappa shape index (κ3) is 2.44. The third-order valence-corrected chi connectivity index (χ3v) is 5.35. The van der Waals surface area contributed by atoms with E-state index in [0.717, 1.165) is 37.1 Å². The van der Waals surface area contributed by atoms with Crippen molar-refractivity contribution < 1.29 is 9.13 Å². The number of aryl methyl sites for hydroxylation is 1. The minimum absolute atomic E-state index is 0.101. The number of fused-ring (bicyclic) bond motifs is 1. The molecule has 0 amide bonds. The summed E-state index contributed by atoms with van der Waals surface area (Å²) in [5.41, 5.74) is 3.50. The topological polar surface area (TPSA) is 28.3 Å². The molecule has 3 nitrogen and oxygen atoms in total. The molecule has 22 heavy (non-hydrogen) atoms. The Hall–Kier alpha value is -1.39. The highest BCUT2D eigenvalue weighted by Crippen LogP contribution is 2.36. The van der Waals surface area contributed by atoms with E-state index in [-0.39, 0.29) is 11.4 Å². The number of nitrogens with zero attached hydrogens (tertiary/aromatic N) is 1. The van der Waals surface area contributed by atoms with Crippen molar-refractivity contribution in [1.82, 2.24) is 9.88 Å². The molecule has 1 saturated heterocycles. The second-order valence-corrected chi connectivity index (χ2v) is 6.87. The molecule has 2 aliphatic rings. The zero-order valence-electron chi connectivity index (χ0n) is 13.1. The molecule has 2 heterocycles. The molecule has 0 atom stereocenters. The Balaban J connectivity index is 1.56. The number of ether oxygens (including phenoxy) is 1. The van der Waals surface area contributed by atoms with Crippen molar-refractivity contribution in [2.45, 2.75) is 44.8 Å². The van der Waals surface area contributed by atoms with Crippen LogP contribution in [0.1, 0.15) is 36.9 Å². The second kappa shape index (κ2) is 5.36. The summed E-state index contributed by atoms with van der Waals surface area (Å²) in [5, 5.41) is 0.999. The number of hydrogen-bond donors (Lipinski definition) is 1. The summed E-state index contributed by atoms with van der Waals surface area (Å²) in [6.45, 7) is 5.81. The first kappa shape index (κ1) is 14.2. The Morgan fingerprint density at radius 1 is 1.32 bits per heavy atom. The van der Waals surface area contributed by atoms with Crippen LogP contribution in [0.4, 0.5) is 4.39 Å². The van der Waals surface area contributed by atoms with E-state index in [1.54, 1.807) is 6.07 Å². The van der Waals surface area contributed by atoms with Crippen molar-refractivity contribution >= 4 is 10.9 Å². The summed E-state index contributed by atoms with van der Waals surface area (Å²) >= 11 is 0. The van der Waals surface area contributed by atoms with Gasteiger partial charge in [-0.3, -0.25) is 4.90 Å². The van der Waals surface area contributed by atoms with Gasteiger partial charge in [0.25, 0.3) is 0 Å². The summed E-state index contributed by atoms with van der Waals surface area (Å²) in [7, 11) is 0. The smallest absolute Gasteiger partial charge is 0.123 e. The highest BCUT2D eigenvalue weighted by molar-refractivity contribution is 5.84. The number of aromatic nitrogens is 1. The van der Waals surface area contributed by atoms with Crippen LogP contribution in [-0.2, 0) is 11.3 Å². The summed E-state index contributed by atoms with van der Waals surface area (Å²) in [6, 6.07) is 4.98. The lowest BCUT2D eigenvalue weighted by Gasteiger charge is -2.40. The zero-order chi connectivity index (χ0) is 15.2. The number of nitrogens with one attached hydrogen (secondary N) is 1. The van der Waals surface area contributed by atoms with E-state index in [1.165, 1.54) is 43.0 Å². The van der Waals surface area contributed by atoms with E-state index in [0.29, 0.717) is 0 Å². The van der Waals surface area contributed by atoms with Crippen LogP contribution in [0.25, 0.3) is 10.9 Å². The monoisotopic (exact) mass is 302 g/mol. The fourth-order valence-electron chi connectivity index (χ4n) is 4.12. The molecule has 0 bridgehead atoms. The van der Waals surface area contributed by atoms with Crippen molar-refractivity contribution in [2.75, 3.05) is 19.7 Å². The molecule has 0 radical (unpaired) electrons. The summed E-state index contributed by atoms with van der Waals surface area (Å²) in [6.07, 6.45) is 4.97. The van der Waals surface area contributed by atoms with Gasteiger partial charge in [-0.2, -0.15) is 0 Å². The van der Waals surface area contributed by atoms with Crippen LogP contribution in [-0.4, -0.2) is 35.2 Å². The molecule has 1 aliphatic heterocycles. The van der Waals surface area contributed by atoms with Gasteiger partial charge in [-0.15, -0.1) is 0 Å². The third-order valence-electron chi connectivity index (χ3n) is 5.35. The van der Waals surface area contributed by atoms with Crippen LogP contribution >= 0.6 is 0 Å². The molecule has 1 N–H and O–H groups in total. The molecule has 1 aliphatic carbocycles. The van der Waals surface area contributed by atoms with E-state index in [9.17, 15) is 4.39 Å².